The van der Waals surface area contributed by atoms with Gasteiger partial charge in [-0.15, -0.1) is 0 Å². The van der Waals surface area contributed by atoms with E-state index in [1.54, 1.807) is 42.5 Å². The van der Waals surface area contributed by atoms with Gasteiger partial charge in [-0.1, -0.05) is 46.6 Å². The maximum absolute atomic E-state index is 14.1. The number of ether oxygens (including phenoxy) is 2. The van der Waals surface area contributed by atoms with Gasteiger partial charge < -0.3 is 18.9 Å². The topological polar surface area (TPSA) is 77.7 Å². The minimum Gasteiger partial charge on any atom is -0.473 e. The van der Waals surface area contributed by atoms with Crippen molar-refractivity contribution in [3.63, 3.8) is 0 Å². The first-order valence-corrected chi connectivity index (χ1v) is 13.3. The Bertz CT molecular complexity index is 1550. The fourth-order valence-electron chi connectivity index (χ4n) is 4.45. The van der Waals surface area contributed by atoms with Gasteiger partial charge in [0.25, 0.3) is 0 Å². The third kappa shape index (κ3) is 6.28. The zero-order chi connectivity index (χ0) is 29.3. The number of carbonyl (C=O) groups excluding carboxylic acids is 1. The number of pyridine rings is 1. The van der Waals surface area contributed by atoms with Crippen LogP contribution in [0.5, 0.6) is 5.88 Å². The van der Waals surface area contributed by atoms with Crippen molar-refractivity contribution in [2.24, 2.45) is 0 Å². The smallest absolute Gasteiger partial charge is 0.435 e. The SMILES string of the molecule is COC(=O)c1ccc(CN(C)c2ccc(OCc3c(-c4c(Cl)cccc4Cl)noc3C3CC3)nc2C(F)(F)F)cc1. The summed E-state index contributed by atoms with van der Waals surface area (Å²) in [5.41, 5.74) is 1.23. The number of esters is 1. The summed E-state index contributed by atoms with van der Waals surface area (Å²) in [6, 6.07) is 14.1. The van der Waals surface area contributed by atoms with Crippen molar-refractivity contribution in [1.82, 2.24) is 10.1 Å². The van der Waals surface area contributed by atoms with Gasteiger partial charge in [0.1, 0.15) is 18.1 Å². The van der Waals surface area contributed by atoms with Gasteiger partial charge in [0, 0.05) is 31.1 Å². The summed E-state index contributed by atoms with van der Waals surface area (Å²) in [4.78, 5) is 16.9. The molecule has 12 heteroatoms. The molecule has 0 unspecified atom stereocenters. The van der Waals surface area contributed by atoms with Crippen molar-refractivity contribution in [2.45, 2.75) is 38.1 Å². The van der Waals surface area contributed by atoms with Gasteiger partial charge in [0.15, 0.2) is 5.69 Å². The largest absolute Gasteiger partial charge is 0.473 e. The molecule has 2 heterocycles. The summed E-state index contributed by atoms with van der Waals surface area (Å²) in [5.74, 6) is 0.0340. The Morgan fingerprint density at radius 3 is 2.37 bits per heavy atom. The van der Waals surface area contributed by atoms with Gasteiger partial charge in [0.2, 0.25) is 5.88 Å². The van der Waals surface area contributed by atoms with E-state index >= 15 is 0 Å². The fraction of sp³-hybridized carbons (Fsp3) is 0.276. The standard InChI is InChI=1S/C29H24Cl2F3N3O4/c1-37(14-16-6-8-18(9-7-16)28(38)39-2)22-12-13-23(35-27(22)29(32,33)34)40-15-19-25(36-41-26(19)17-10-11-17)24-20(30)4-3-5-21(24)31/h3-9,12-13,17H,10-11,14-15H2,1-2H3. The van der Waals surface area contributed by atoms with Gasteiger partial charge in [-0.25, -0.2) is 9.78 Å². The van der Waals surface area contributed by atoms with Crippen molar-refractivity contribution < 1.29 is 32.0 Å². The van der Waals surface area contributed by atoms with E-state index < -0.39 is 17.8 Å². The molecule has 5 rings (SSSR count). The van der Waals surface area contributed by atoms with Crippen LogP contribution in [0.2, 0.25) is 10.0 Å². The number of anilines is 1. The van der Waals surface area contributed by atoms with E-state index in [9.17, 15) is 18.0 Å². The number of rotatable bonds is 9. The molecule has 0 amide bonds. The highest BCUT2D eigenvalue weighted by atomic mass is 35.5. The van der Waals surface area contributed by atoms with E-state index in [-0.39, 0.29) is 30.6 Å². The predicted molar refractivity (Wildman–Crippen MR) is 147 cm³/mol. The van der Waals surface area contributed by atoms with Gasteiger partial charge in [-0.3, -0.25) is 0 Å². The molecular formula is C29H24Cl2F3N3O4. The number of alkyl halides is 3. The molecule has 0 saturated heterocycles. The quantitative estimate of drug-likeness (QED) is 0.179. The second-order valence-corrected chi connectivity index (χ2v) is 10.4. The lowest BCUT2D eigenvalue weighted by atomic mass is 10.0. The van der Waals surface area contributed by atoms with E-state index in [1.165, 1.54) is 31.2 Å². The van der Waals surface area contributed by atoms with E-state index in [2.05, 4.69) is 14.9 Å². The van der Waals surface area contributed by atoms with Crippen LogP contribution in [0.15, 0.2) is 59.1 Å². The third-order valence-electron chi connectivity index (χ3n) is 6.65. The molecule has 2 aromatic carbocycles. The van der Waals surface area contributed by atoms with Gasteiger partial charge >= 0.3 is 12.1 Å². The summed E-state index contributed by atoms with van der Waals surface area (Å²) in [7, 11) is 2.80. The van der Waals surface area contributed by atoms with E-state index in [1.807, 2.05) is 0 Å². The lowest BCUT2D eigenvalue weighted by Crippen LogP contribution is -2.22. The molecule has 214 valence electrons. The number of methoxy groups -OCH3 is 1. The van der Waals surface area contributed by atoms with Crippen LogP contribution in [-0.2, 0) is 24.1 Å². The Morgan fingerprint density at radius 1 is 1.07 bits per heavy atom. The number of carbonyl (C=O) groups is 1. The Hall–Kier alpha value is -3.76. The Labute approximate surface area is 243 Å². The lowest BCUT2D eigenvalue weighted by Gasteiger charge is -2.23. The average molecular weight is 606 g/mol. The monoisotopic (exact) mass is 605 g/mol. The van der Waals surface area contributed by atoms with Crippen LogP contribution < -0.4 is 9.64 Å². The molecule has 1 aliphatic carbocycles. The van der Waals surface area contributed by atoms with Crippen molar-refractivity contribution in [3.05, 3.63) is 92.8 Å². The van der Waals surface area contributed by atoms with Crippen LogP contribution >= 0.6 is 23.2 Å². The highest BCUT2D eigenvalue weighted by Crippen LogP contribution is 2.46. The zero-order valence-corrected chi connectivity index (χ0v) is 23.5. The van der Waals surface area contributed by atoms with Crippen molar-refractivity contribution >= 4 is 34.9 Å². The van der Waals surface area contributed by atoms with Gasteiger partial charge in [-0.05, 0) is 48.7 Å². The first-order valence-electron chi connectivity index (χ1n) is 12.6. The Morgan fingerprint density at radius 2 is 1.76 bits per heavy atom. The molecule has 0 N–H and O–H groups in total. The molecule has 41 heavy (non-hydrogen) atoms. The molecule has 0 aliphatic heterocycles. The molecule has 0 radical (unpaired) electrons. The second-order valence-electron chi connectivity index (χ2n) is 9.59. The fourth-order valence-corrected chi connectivity index (χ4v) is 5.02. The number of hydrogen-bond donors (Lipinski definition) is 0. The maximum atomic E-state index is 14.1. The number of halogens is 5. The third-order valence-corrected chi connectivity index (χ3v) is 7.28. The summed E-state index contributed by atoms with van der Waals surface area (Å²) in [6.45, 7) is -0.00193. The van der Waals surface area contributed by atoms with Crippen LogP contribution in [0, 0.1) is 0 Å². The molecule has 1 fully saturated rings. The van der Waals surface area contributed by atoms with Crippen LogP contribution in [0.1, 0.15) is 51.7 Å². The molecule has 1 saturated carbocycles. The van der Waals surface area contributed by atoms with Crippen LogP contribution in [0.4, 0.5) is 18.9 Å². The summed E-state index contributed by atoms with van der Waals surface area (Å²) < 4.78 is 58.4. The molecule has 4 aromatic rings. The number of benzene rings is 2. The highest BCUT2D eigenvalue weighted by molar-refractivity contribution is 6.39. The Kier molecular flexibility index (Phi) is 8.15. The molecule has 7 nitrogen and oxygen atoms in total. The molecular weight excluding hydrogens is 582 g/mol. The van der Waals surface area contributed by atoms with Crippen molar-refractivity contribution in [2.75, 3.05) is 19.1 Å². The van der Waals surface area contributed by atoms with Gasteiger partial charge in [-0.2, -0.15) is 13.2 Å². The lowest BCUT2D eigenvalue weighted by molar-refractivity contribution is -0.140. The van der Waals surface area contributed by atoms with E-state index in [0.29, 0.717) is 43.8 Å². The highest BCUT2D eigenvalue weighted by Gasteiger charge is 2.38. The average Bonchev–Trinajstić information content (AvgIpc) is 3.71. The van der Waals surface area contributed by atoms with Crippen molar-refractivity contribution in [1.29, 1.82) is 0 Å². The van der Waals surface area contributed by atoms with Gasteiger partial charge in [0.05, 0.1) is 34.0 Å². The number of hydrogen-bond acceptors (Lipinski definition) is 7. The minimum absolute atomic E-state index is 0.130. The van der Waals surface area contributed by atoms with E-state index in [0.717, 1.165) is 12.8 Å². The van der Waals surface area contributed by atoms with Crippen molar-refractivity contribution in [3.8, 4) is 17.1 Å². The van der Waals surface area contributed by atoms with E-state index in [4.69, 9.17) is 32.5 Å². The minimum atomic E-state index is -4.75. The van der Waals surface area contributed by atoms with Crippen LogP contribution in [0.25, 0.3) is 11.3 Å². The molecule has 0 bridgehead atoms. The number of aromatic nitrogens is 2. The predicted octanol–water partition coefficient (Wildman–Crippen LogP) is 7.94. The summed E-state index contributed by atoms with van der Waals surface area (Å²) in [5, 5.41) is 4.90. The molecule has 0 atom stereocenters. The van der Waals surface area contributed by atoms with Crippen LogP contribution in [-0.4, -0.2) is 30.3 Å². The first kappa shape index (κ1) is 28.8. The second kappa shape index (κ2) is 11.6. The Balaban J connectivity index is 1.39. The maximum Gasteiger partial charge on any atom is 0.435 e. The van der Waals surface area contributed by atoms with Crippen LogP contribution in [0.3, 0.4) is 0 Å². The zero-order valence-electron chi connectivity index (χ0n) is 22.0. The summed E-state index contributed by atoms with van der Waals surface area (Å²) in [6.07, 6.45) is -2.94. The normalized spacial score (nSPS) is 13.2. The molecule has 0 spiro atoms. The molecule has 1 aliphatic rings. The molecule has 2 aromatic heterocycles. The first-order chi connectivity index (χ1) is 19.6. The summed E-state index contributed by atoms with van der Waals surface area (Å²) >= 11 is 12.8. The number of nitrogens with zero attached hydrogens (tertiary/aromatic N) is 3.